The van der Waals surface area contributed by atoms with Crippen molar-refractivity contribution >= 4 is 10.2 Å². The lowest BCUT2D eigenvalue weighted by molar-refractivity contribution is 0.266. The second-order valence-electron chi connectivity index (χ2n) is 5.33. The molecule has 0 spiro atoms. The highest BCUT2D eigenvalue weighted by atomic mass is 32.2. The van der Waals surface area contributed by atoms with Crippen LogP contribution in [0.5, 0.6) is 0 Å². The third-order valence-corrected chi connectivity index (χ3v) is 5.36. The van der Waals surface area contributed by atoms with Gasteiger partial charge in [0.1, 0.15) is 0 Å². The maximum atomic E-state index is 12.3. The summed E-state index contributed by atoms with van der Waals surface area (Å²) in [5.41, 5.74) is 0.913. The Morgan fingerprint density at radius 3 is 2.57 bits per heavy atom. The molecule has 0 atom stereocenters. The summed E-state index contributed by atoms with van der Waals surface area (Å²) in [5, 5.41) is 3.33. The smallest absolute Gasteiger partial charge is 0.279 e. The largest absolute Gasteiger partial charge is 0.317 e. The van der Waals surface area contributed by atoms with E-state index in [1.165, 1.54) is 0 Å². The van der Waals surface area contributed by atoms with Gasteiger partial charge in [0, 0.05) is 32.0 Å². The van der Waals surface area contributed by atoms with Gasteiger partial charge in [0.2, 0.25) is 0 Å². The van der Waals surface area contributed by atoms with Crippen LogP contribution < -0.4 is 10.0 Å². The summed E-state index contributed by atoms with van der Waals surface area (Å²) in [7, 11) is -3.38. The van der Waals surface area contributed by atoms with Gasteiger partial charge in [-0.25, -0.2) is 0 Å². The molecule has 0 radical (unpaired) electrons. The van der Waals surface area contributed by atoms with Crippen molar-refractivity contribution in [2.24, 2.45) is 5.92 Å². The normalized spacial score (nSPS) is 18.0. The summed E-state index contributed by atoms with van der Waals surface area (Å²) in [6.07, 6.45) is 5.16. The van der Waals surface area contributed by atoms with Gasteiger partial charge < -0.3 is 5.32 Å². The highest BCUT2D eigenvalue weighted by Crippen LogP contribution is 2.18. The second kappa shape index (κ2) is 7.84. The summed E-state index contributed by atoms with van der Waals surface area (Å²) in [5.74, 6) is 0.580. The van der Waals surface area contributed by atoms with E-state index in [9.17, 15) is 8.42 Å². The van der Waals surface area contributed by atoms with Crippen LogP contribution in [0.2, 0.25) is 0 Å². The lowest BCUT2D eigenvalue weighted by atomic mass is 9.98. The number of aromatic nitrogens is 1. The molecule has 0 saturated carbocycles. The average Bonchev–Trinajstić information content (AvgIpc) is 2.52. The first-order valence-corrected chi connectivity index (χ1v) is 8.90. The van der Waals surface area contributed by atoms with Crippen LogP contribution >= 0.6 is 0 Å². The van der Waals surface area contributed by atoms with Crippen LogP contribution in [0.4, 0.5) is 0 Å². The fourth-order valence-corrected chi connectivity index (χ4v) is 3.69. The number of hydrogen-bond donors (Lipinski definition) is 2. The molecule has 6 nitrogen and oxygen atoms in total. The van der Waals surface area contributed by atoms with E-state index in [-0.39, 0.29) is 0 Å². The first kappa shape index (κ1) is 16.4. The molecule has 1 aromatic heterocycles. The van der Waals surface area contributed by atoms with E-state index >= 15 is 0 Å². The van der Waals surface area contributed by atoms with E-state index in [0.717, 1.165) is 31.5 Å². The number of nitrogens with one attached hydrogen (secondary N) is 2. The first-order valence-electron chi connectivity index (χ1n) is 7.46. The Morgan fingerprint density at radius 2 is 1.95 bits per heavy atom. The van der Waals surface area contributed by atoms with Crippen LogP contribution in [0.3, 0.4) is 0 Å². The lowest BCUT2D eigenvalue weighted by Gasteiger charge is -2.31. The summed E-state index contributed by atoms with van der Waals surface area (Å²) >= 11 is 0. The van der Waals surface area contributed by atoms with Crippen molar-refractivity contribution in [1.82, 2.24) is 19.3 Å². The maximum absolute atomic E-state index is 12.3. The lowest BCUT2D eigenvalue weighted by Crippen LogP contribution is -2.45. The minimum absolute atomic E-state index is 0.308. The monoisotopic (exact) mass is 312 g/mol. The van der Waals surface area contributed by atoms with Crippen molar-refractivity contribution in [2.75, 3.05) is 26.2 Å². The van der Waals surface area contributed by atoms with Gasteiger partial charge in [0.05, 0.1) is 0 Å². The van der Waals surface area contributed by atoms with Crippen molar-refractivity contribution in [1.29, 1.82) is 0 Å². The van der Waals surface area contributed by atoms with E-state index in [1.807, 2.05) is 12.1 Å². The zero-order valence-electron chi connectivity index (χ0n) is 12.5. The van der Waals surface area contributed by atoms with Crippen molar-refractivity contribution < 1.29 is 8.42 Å². The van der Waals surface area contributed by atoms with Gasteiger partial charge >= 0.3 is 0 Å². The number of hydrogen-bond acceptors (Lipinski definition) is 4. The fourth-order valence-electron chi connectivity index (χ4n) is 2.47. The topological polar surface area (TPSA) is 74.3 Å². The molecule has 2 N–H and O–H groups in total. The summed E-state index contributed by atoms with van der Waals surface area (Å²) in [6, 6.07) is 3.62. The molecule has 1 aliphatic heterocycles. The molecular weight excluding hydrogens is 288 g/mol. The van der Waals surface area contributed by atoms with Gasteiger partial charge in [-0.2, -0.15) is 17.4 Å². The van der Waals surface area contributed by atoms with Gasteiger partial charge in [0.15, 0.2) is 0 Å². The summed E-state index contributed by atoms with van der Waals surface area (Å²) < 4.78 is 28.7. The van der Waals surface area contributed by atoms with Gasteiger partial charge in [-0.05, 0) is 49.5 Å². The van der Waals surface area contributed by atoms with Crippen molar-refractivity contribution in [3.63, 3.8) is 0 Å². The third kappa shape index (κ3) is 5.03. The zero-order valence-corrected chi connectivity index (χ0v) is 13.3. The Morgan fingerprint density at radius 1 is 1.29 bits per heavy atom. The van der Waals surface area contributed by atoms with Crippen LogP contribution in [0.25, 0.3) is 0 Å². The predicted octanol–water partition coefficient (Wildman–Crippen LogP) is 0.738. The molecular formula is C14H24N4O2S. The molecule has 7 heteroatoms. The Labute approximate surface area is 127 Å². The minimum Gasteiger partial charge on any atom is -0.317 e. The molecule has 0 aliphatic carbocycles. The molecule has 2 heterocycles. The summed E-state index contributed by atoms with van der Waals surface area (Å²) in [4.78, 5) is 3.92. The Kier molecular flexibility index (Phi) is 6.10. The van der Waals surface area contributed by atoms with E-state index < -0.39 is 10.2 Å². The predicted molar refractivity (Wildman–Crippen MR) is 82.8 cm³/mol. The molecule has 1 saturated heterocycles. The quantitative estimate of drug-likeness (QED) is 0.779. The van der Waals surface area contributed by atoms with Gasteiger partial charge in [-0.3, -0.25) is 4.98 Å². The fraction of sp³-hybridized carbons (Fsp3) is 0.643. The molecule has 1 aromatic rings. The van der Waals surface area contributed by atoms with Crippen molar-refractivity contribution in [3.8, 4) is 0 Å². The Hall–Kier alpha value is -1.02. The number of pyridine rings is 1. The average molecular weight is 312 g/mol. The van der Waals surface area contributed by atoms with Gasteiger partial charge in [-0.15, -0.1) is 0 Å². The molecule has 0 amide bonds. The van der Waals surface area contributed by atoms with E-state index in [0.29, 0.717) is 25.6 Å². The Balaban J connectivity index is 1.81. The van der Waals surface area contributed by atoms with E-state index in [4.69, 9.17) is 0 Å². The van der Waals surface area contributed by atoms with Gasteiger partial charge in [0.25, 0.3) is 10.2 Å². The minimum atomic E-state index is -3.38. The first-order chi connectivity index (χ1) is 10.1. The molecule has 0 bridgehead atoms. The molecule has 2 rings (SSSR count). The third-order valence-electron chi connectivity index (χ3n) is 3.80. The highest BCUT2D eigenvalue weighted by molar-refractivity contribution is 7.87. The van der Waals surface area contributed by atoms with E-state index in [1.54, 1.807) is 16.7 Å². The molecule has 0 unspecified atom stereocenters. The Bertz CT molecular complexity index is 513. The van der Waals surface area contributed by atoms with E-state index in [2.05, 4.69) is 21.9 Å². The summed E-state index contributed by atoms with van der Waals surface area (Å²) in [6.45, 7) is 5.54. The second-order valence-corrected chi connectivity index (χ2v) is 7.09. The van der Waals surface area contributed by atoms with Crippen LogP contribution in [-0.2, 0) is 16.8 Å². The van der Waals surface area contributed by atoms with Crippen molar-refractivity contribution in [3.05, 3.63) is 30.1 Å². The molecule has 0 aromatic carbocycles. The highest BCUT2D eigenvalue weighted by Gasteiger charge is 2.27. The van der Waals surface area contributed by atoms with Crippen LogP contribution in [0.15, 0.2) is 24.5 Å². The molecule has 1 fully saturated rings. The molecule has 118 valence electrons. The number of rotatable bonds is 7. The van der Waals surface area contributed by atoms with Crippen molar-refractivity contribution in [2.45, 2.75) is 26.3 Å². The standard InChI is InChI=1S/C14H24N4O2S/c1-2-15-11-14-5-9-18(10-6-14)21(19,20)17-12-13-3-7-16-8-4-13/h3-4,7-8,14-15,17H,2,5-6,9-12H2,1H3. The maximum Gasteiger partial charge on any atom is 0.279 e. The number of nitrogens with zero attached hydrogens (tertiary/aromatic N) is 2. The SMILES string of the molecule is CCNCC1CCN(S(=O)(=O)NCc2ccncc2)CC1. The number of piperidine rings is 1. The molecule has 1 aliphatic rings. The molecule has 21 heavy (non-hydrogen) atoms. The van der Waals surface area contributed by atoms with Crippen LogP contribution in [0.1, 0.15) is 25.3 Å². The zero-order chi connectivity index (χ0) is 15.1. The van der Waals surface area contributed by atoms with Crippen LogP contribution in [-0.4, -0.2) is 43.9 Å². The van der Waals surface area contributed by atoms with Crippen LogP contribution in [0, 0.1) is 5.92 Å². The van der Waals surface area contributed by atoms with Gasteiger partial charge in [-0.1, -0.05) is 6.92 Å².